The molecule has 0 aromatic heterocycles. The Hall–Kier alpha value is -1.56. The van der Waals surface area contributed by atoms with E-state index in [1.54, 1.807) is 5.56 Å². The van der Waals surface area contributed by atoms with Crippen molar-refractivity contribution in [3.63, 3.8) is 0 Å². The summed E-state index contributed by atoms with van der Waals surface area (Å²) >= 11 is 0. The predicted octanol–water partition coefficient (Wildman–Crippen LogP) is 8.33. The Kier molecular flexibility index (Phi) is 6.94. The van der Waals surface area contributed by atoms with Crippen molar-refractivity contribution in [3.05, 3.63) is 59.7 Å². The van der Waals surface area contributed by atoms with Gasteiger partial charge in [0.1, 0.15) is 0 Å². The van der Waals surface area contributed by atoms with Crippen molar-refractivity contribution in [1.82, 2.24) is 0 Å². The lowest BCUT2D eigenvalue weighted by Crippen LogP contribution is -2.13. The summed E-state index contributed by atoms with van der Waals surface area (Å²) in [4.78, 5) is 0. The smallest absolute Gasteiger partial charge is 0.0162 e. The molecule has 0 nitrogen and oxygen atoms in total. The fourth-order valence-corrected chi connectivity index (χ4v) is 4.48. The highest BCUT2D eigenvalue weighted by molar-refractivity contribution is 5.64. The van der Waals surface area contributed by atoms with E-state index in [9.17, 15) is 0 Å². The molecular weight excluding hydrogens is 312 g/mol. The Morgan fingerprint density at radius 1 is 0.769 bits per heavy atom. The van der Waals surface area contributed by atoms with Gasteiger partial charge in [-0.25, -0.2) is 0 Å². The molecule has 0 aliphatic heterocycles. The molecule has 2 aromatic carbocycles. The molecule has 2 aromatic rings. The van der Waals surface area contributed by atoms with Gasteiger partial charge in [-0.15, -0.1) is 0 Å². The van der Waals surface area contributed by atoms with Crippen LogP contribution in [0.1, 0.15) is 95.1 Å². The van der Waals surface area contributed by atoms with Gasteiger partial charge in [0.2, 0.25) is 0 Å². The second kappa shape index (κ2) is 9.40. The number of unbranched alkanes of at least 4 members (excludes halogenated alkanes) is 2. The molecule has 3 rings (SSSR count). The van der Waals surface area contributed by atoms with Crippen LogP contribution in [0.3, 0.4) is 0 Å². The molecule has 1 aliphatic carbocycles. The molecule has 1 fully saturated rings. The monoisotopic (exact) mass is 348 g/mol. The van der Waals surface area contributed by atoms with Gasteiger partial charge in [0.05, 0.1) is 0 Å². The Labute approximate surface area is 161 Å². The van der Waals surface area contributed by atoms with Crippen molar-refractivity contribution in [2.75, 3.05) is 0 Å². The molecule has 0 bridgehead atoms. The van der Waals surface area contributed by atoms with Crippen molar-refractivity contribution in [2.45, 2.75) is 84.0 Å². The first kappa shape index (κ1) is 19.2. The minimum absolute atomic E-state index is 0.600. The van der Waals surface area contributed by atoms with E-state index < -0.39 is 0 Å². The van der Waals surface area contributed by atoms with Gasteiger partial charge in [-0.3, -0.25) is 0 Å². The molecule has 0 radical (unpaired) electrons. The molecule has 1 aliphatic rings. The van der Waals surface area contributed by atoms with Gasteiger partial charge >= 0.3 is 0 Å². The van der Waals surface area contributed by atoms with E-state index in [-0.39, 0.29) is 0 Å². The van der Waals surface area contributed by atoms with E-state index in [4.69, 9.17) is 0 Å². The van der Waals surface area contributed by atoms with Gasteiger partial charge in [-0.1, -0.05) is 95.0 Å². The summed E-state index contributed by atoms with van der Waals surface area (Å²) in [6.45, 7) is 6.81. The highest BCUT2D eigenvalue weighted by Gasteiger charge is 2.22. The summed E-state index contributed by atoms with van der Waals surface area (Å²) in [5.74, 6) is 2.38. The van der Waals surface area contributed by atoms with Crippen molar-refractivity contribution < 1.29 is 0 Å². The number of hydrogen-bond donors (Lipinski definition) is 0. The Balaban J connectivity index is 1.56. The molecule has 1 saturated carbocycles. The Bertz CT molecular complexity index is 639. The van der Waals surface area contributed by atoms with Crippen LogP contribution in [-0.2, 0) is 0 Å². The van der Waals surface area contributed by atoms with Crippen LogP contribution in [0.25, 0.3) is 11.1 Å². The number of rotatable bonds is 7. The molecule has 140 valence electrons. The number of hydrogen-bond acceptors (Lipinski definition) is 0. The second-order valence-electron chi connectivity index (χ2n) is 8.61. The van der Waals surface area contributed by atoms with E-state index in [2.05, 4.69) is 69.3 Å². The van der Waals surface area contributed by atoms with Crippen molar-refractivity contribution in [1.29, 1.82) is 0 Å². The summed E-state index contributed by atoms with van der Waals surface area (Å²) < 4.78 is 0. The van der Waals surface area contributed by atoms with Crippen LogP contribution in [0, 0.1) is 5.92 Å². The first-order valence-corrected chi connectivity index (χ1v) is 10.9. The van der Waals surface area contributed by atoms with E-state index in [0.717, 1.165) is 11.8 Å². The van der Waals surface area contributed by atoms with Gasteiger partial charge in [-0.2, -0.15) is 0 Å². The fraction of sp³-hybridized carbons (Fsp3) is 0.538. The van der Waals surface area contributed by atoms with Crippen LogP contribution in [0.4, 0.5) is 0 Å². The first-order valence-electron chi connectivity index (χ1n) is 10.9. The predicted molar refractivity (Wildman–Crippen MR) is 115 cm³/mol. The number of benzene rings is 2. The second-order valence-corrected chi connectivity index (χ2v) is 8.61. The molecular formula is C26H36. The molecule has 0 saturated heterocycles. The van der Waals surface area contributed by atoms with E-state index in [1.807, 2.05) is 0 Å². The summed E-state index contributed by atoms with van der Waals surface area (Å²) in [5, 5.41) is 0. The topological polar surface area (TPSA) is 0 Å². The fourth-order valence-electron chi connectivity index (χ4n) is 4.48. The maximum Gasteiger partial charge on any atom is -0.0162 e. The summed E-state index contributed by atoms with van der Waals surface area (Å²) in [6, 6.07) is 18.5. The van der Waals surface area contributed by atoms with Crippen LogP contribution in [0.2, 0.25) is 0 Å². The minimum Gasteiger partial charge on any atom is -0.0654 e. The van der Waals surface area contributed by atoms with Gasteiger partial charge in [0.15, 0.2) is 0 Å². The average molecular weight is 349 g/mol. The highest BCUT2D eigenvalue weighted by Crippen LogP contribution is 2.38. The van der Waals surface area contributed by atoms with E-state index in [1.165, 1.54) is 68.1 Å². The maximum absolute atomic E-state index is 2.38. The van der Waals surface area contributed by atoms with Crippen LogP contribution >= 0.6 is 0 Å². The molecule has 0 atom stereocenters. The normalized spacial score (nSPS) is 20.5. The van der Waals surface area contributed by atoms with Crippen LogP contribution in [-0.4, -0.2) is 0 Å². The third-order valence-corrected chi connectivity index (χ3v) is 6.36. The molecule has 0 heterocycles. The SMILES string of the molecule is CCCCCC1CCC(c2ccc(-c3ccc(C(C)C)cc3)cc2)CC1. The van der Waals surface area contributed by atoms with Gasteiger partial charge in [0.25, 0.3) is 0 Å². The minimum atomic E-state index is 0.600. The summed E-state index contributed by atoms with van der Waals surface area (Å²) in [5.41, 5.74) is 5.65. The summed E-state index contributed by atoms with van der Waals surface area (Å²) in [6.07, 6.45) is 11.3. The Morgan fingerprint density at radius 3 is 1.88 bits per heavy atom. The zero-order chi connectivity index (χ0) is 18.4. The van der Waals surface area contributed by atoms with Gasteiger partial charge in [-0.05, 0) is 65.7 Å². The lowest BCUT2D eigenvalue weighted by molar-refractivity contribution is 0.303. The zero-order valence-corrected chi connectivity index (χ0v) is 17.0. The van der Waals surface area contributed by atoms with Crippen LogP contribution in [0.5, 0.6) is 0 Å². The van der Waals surface area contributed by atoms with Crippen molar-refractivity contribution >= 4 is 0 Å². The Morgan fingerprint density at radius 2 is 1.35 bits per heavy atom. The molecule has 0 amide bonds. The largest absolute Gasteiger partial charge is 0.0654 e. The molecule has 0 spiro atoms. The third kappa shape index (κ3) is 5.00. The van der Waals surface area contributed by atoms with Crippen molar-refractivity contribution in [2.24, 2.45) is 5.92 Å². The standard InChI is InChI=1S/C26H36/c1-4-5-6-7-21-8-10-23(11-9-21)25-16-18-26(19-17-25)24-14-12-22(13-15-24)20(2)3/h12-21,23H,4-11H2,1-3H3. The van der Waals surface area contributed by atoms with Gasteiger partial charge in [0, 0.05) is 0 Å². The van der Waals surface area contributed by atoms with Crippen molar-refractivity contribution in [3.8, 4) is 11.1 Å². The molecule has 0 unspecified atom stereocenters. The average Bonchev–Trinajstić information content (AvgIpc) is 2.69. The summed E-state index contributed by atoms with van der Waals surface area (Å²) in [7, 11) is 0. The molecule has 26 heavy (non-hydrogen) atoms. The quantitative estimate of drug-likeness (QED) is 0.441. The highest BCUT2D eigenvalue weighted by atomic mass is 14.3. The zero-order valence-electron chi connectivity index (χ0n) is 17.0. The first-order chi connectivity index (χ1) is 12.7. The molecule has 0 heteroatoms. The van der Waals surface area contributed by atoms with E-state index >= 15 is 0 Å². The van der Waals surface area contributed by atoms with Gasteiger partial charge < -0.3 is 0 Å². The van der Waals surface area contributed by atoms with E-state index in [0.29, 0.717) is 5.92 Å². The van der Waals surface area contributed by atoms with Crippen LogP contribution in [0.15, 0.2) is 48.5 Å². The third-order valence-electron chi connectivity index (χ3n) is 6.36. The lowest BCUT2D eigenvalue weighted by atomic mass is 9.77. The lowest BCUT2D eigenvalue weighted by Gasteiger charge is -2.29. The maximum atomic E-state index is 2.38. The molecule has 0 N–H and O–H groups in total. The van der Waals surface area contributed by atoms with Crippen LogP contribution < -0.4 is 0 Å².